The quantitative estimate of drug-likeness (QED) is 0.776. The summed E-state index contributed by atoms with van der Waals surface area (Å²) in [7, 11) is 0. The maximum atomic E-state index is 12.8. The molecule has 1 aromatic carbocycles. The van der Waals surface area contributed by atoms with E-state index in [1.807, 2.05) is 6.07 Å². The summed E-state index contributed by atoms with van der Waals surface area (Å²) in [4.78, 5) is 42.1. The Morgan fingerprint density at radius 2 is 1.74 bits per heavy atom. The van der Waals surface area contributed by atoms with Crippen LogP contribution < -0.4 is 4.90 Å². The molecule has 4 rings (SSSR count). The molecule has 0 N–H and O–H groups in total. The van der Waals surface area contributed by atoms with Crippen LogP contribution in [0.4, 0.5) is 10.5 Å². The molecule has 7 heteroatoms. The average Bonchev–Trinajstić information content (AvgIpc) is 3.20. The number of benzene rings is 1. The molecule has 0 radical (unpaired) electrons. The zero-order chi connectivity index (χ0) is 16.1. The van der Waals surface area contributed by atoms with Gasteiger partial charge in [0.1, 0.15) is 12.1 Å². The molecule has 3 aliphatic rings. The van der Waals surface area contributed by atoms with Crippen LogP contribution in [0.2, 0.25) is 5.02 Å². The summed E-state index contributed by atoms with van der Waals surface area (Å²) in [6, 6.07) is 5.70. The predicted molar refractivity (Wildman–Crippen MR) is 84.2 cm³/mol. The van der Waals surface area contributed by atoms with Gasteiger partial charge < -0.3 is 9.80 Å². The van der Waals surface area contributed by atoms with Crippen LogP contribution in [-0.2, 0) is 9.59 Å². The third-order valence-electron chi connectivity index (χ3n) is 4.86. The summed E-state index contributed by atoms with van der Waals surface area (Å²) < 4.78 is 0. The highest BCUT2D eigenvalue weighted by Crippen LogP contribution is 2.34. The highest BCUT2D eigenvalue weighted by Gasteiger charge is 2.53. The average molecular weight is 334 g/mol. The van der Waals surface area contributed by atoms with Crippen molar-refractivity contribution in [1.29, 1.82) is 0 Å². The maximum Gasteiger partial charge on any atom is 0.328 e. The Bertz CT molecular complexity index is 686. The Labute approximate surface area is 138 Å². The van der Waals surface area contributed by atoms with Crippen LogP contribution in [0, 0.1) is 0 Å². The van der Waals surface area contributed by atoms with Crippen molar-refractivity contribution in [2.45, 2.75) is 31.3 Å². The molecule has 4 amide bonds. The third-order valence-corrected chi connectivity index (χ3v) is 5.18. The fourth-order valence-electron chi connectivity index (χ4n) is 3.75. The molecule has 23 heavy (non-hydrogen) atoms. The van der Waals surface area contributed by atoms with Crippen molar-refractivity contribution in [2.75, 3.05) is 18.0 Å². The van der Waals surface area contributed by atoms with Crippen molar-refractivity contribution in [3.8, 4) is 0 Å². The summed E-state index contributed by atoms with van der Waals surface area (Å²) in [5, 5.41) is 0.487. The number of carbonyl (C=O) groups excluding carboxylic acids is 3. The minimum absolute atomic E-state index is 0.230. The van der Waals surface area contributed by atoms with E-state index in [1.54, 1.807) is 28.0 Å². The summed E-state index contributed by atoms with van der Waals surface area (Å²) in [5.41, 5.74) is 0.626. The van der Waals surface area contributed by atoms with E-state index in [-0.39, 0.29) is 23.9 Å². The minimum Gasteiger partial charge on any atom is -0.312 e. The number of urea groups is 1. The summed E-state index contributed by atoms with van der Waals surface area (Å²) in [6.45, 7) is 1.05. The SMILES string of the molecule is O=C1[C@H](N2C(=O)[C@H]3CCCN3C2=O)CCN1c1ccccc1Cl. The van der Waals surface area contributed by atoms with Gasteiger partial charge in [-0.1, -0.05) is 23.7 Å². The molecule has 3 aliphatic heterocycles. The molecule has 1 aromatic rings. The van der Waals surface area contributed by atoms with Crippen LogP contribution >= 0.6 is 11.6 Å². The standard InChI is InChI=1S/C16H16ClN3O3/c17-10-4-1-2-5-11(10)18-9-7-13(14(18)21)20-15(22)12-6-3-8-19(12)16(20)23/h1-2,4-5,12-13H,3,6-9H2/t12-,13-/m1/s1. The number of halogens is 1. The lowest BCUT2D eigenvalue weighted by Crippen LogP contribution is -2.46. The van der Waals surface area contributed by atoms with Crippen LogP contribution in [0.15, 0.2) is 24.3 Å². The van der Waals surface area contributed by atoms with Gasteiger partial charge in [0.15, 0.2) is 0 Å². The highest BCUT2D eigenvalue weighted by atomic mass is 35.5. The fourth-order valence-corrected chi connectivity index (χ4v) is 3.98. The van der Waals surface area contributed by atoms with Crippen molar-refractivity contribution in [2.24, 2.45) is 0 Å². The molecule has 3 saturated heterocycles. The Kier molecular flexibility index (Phi) is 3.30. The van der Waals surface area contributed by atoms with Crippen molar-refractivity contribution in [1.82, 2.24) is 9.80 Å². The molecular formula is C16H16ClN3O3. The number of carbonyl (C=O) groups is 3. The van der Waals surface area contributed by atoms with E-state index in [0.717, 1.165) is 6.42 Å². The van der Waals surface area contributed by atoms with Crippen molar-refractivity contribution in [3.63, 3.8) is 0 Å². The molecule has 0 aromatic heterocycles. The number of nitrogens with zero attached hydrogens (tertiary/aromatic N) is 3. The first kappa shape index (κ1) is 14.5. The molecule has 0 spiro atoms. The molecule has 3 fully saturated rings. The van der Waals surface area contributed by atoms with Gasteiger partial charge in [-0.3, -0.25) is 9.59 Å². The van der Waals surface area contributed by atoms with Crippen LogP contribution in [0.3, 0.4) is 0 Å². The van der Waals surface area contributed by atoms with E-state index >= 15 is 0 Å². The van der Waals surface area contributed by atoms with E-state index in [1.165, 1.54) is 4.90 Å². The van der Waals surface area contributed by atoms with Gasteiger partial charge in [0.25, 0.3) is 5.91 Å². The number of imide groups is 1. The molecule has 3 heterocycles. The van der Waals surface area contributed by atoms with E-state index in [9.17, 15) is 14.4 Å². The summed E-state index contributed by atoms with van der Waals surface area (Å²) in [5.74, 6) is -0.465. The van der Waals surface area contributed by atoms with Gasteiger partial charge in [-0.2, -0.15) is 0 Å². The number of amides is 4. The maximum absolute atomic E-state index is 12.8. The fraction of sp³-hybridized carbons (Fsp3) is 0.438. The topological polar surface area (TPSA) is 60.9 Å². The second kappa shape index (κ2) is 5.23. The first-order valence-electron chi connectivity index (χ1n) is 7.79. The van der Waals surface area contributed by atoms with Gasteiger partial charge in [0, 0.05) is 13.1 Å². The molecule has 0 saturated carbocycles. The molecule has 120 valence electrons. The zero-order valence-electron chi connectivity index (χ0n) is 12.4. The second-order valence-electron chi connectivity index (χ2n) is 6.09. The first-order chi connectivity index (χ1) is 11.1. The van der Waals surface area contributed by atoms with Crippen molar-refractivity contribution in [3.05, 3.63) is 29.3 Å². The molecular weight excluding hydrogens is 318 g/mol. The Balaban J connectivity index is 1.60. The molecule has 2 atom stereocenters. The zero-order valence-corrected chi connectivity index (χ0v) is 13.2. The van der Waals surface area contributed by atoms with Crippen LogP contribution in [-0.4, -0.2) is 52.8 Å². The van der Waals surface area contributed by atoms with Crippen LogP contribution in [0.1, 0.15) is 19.3 Å². The normalized spacial score (nSPS) is 27.3. The van der Waals surface area contributed by atoms with Crippen molar-refractivity contribution < 1.29 is 14.4 Å². The van der Waals surface area contributed by atoms with Crippen molar-refractivity contribution >= 4 is 35.1 Å². The summed E-state index contributed by atoms with van der Waals surface area (Å²) >= 11 is 6.16. The Hall–Kier alpha value is -2.08. The highest BCUT2D eigenvalue weighted by molar-refractivity contribution is 6.34. The van der Waals surface area contributed by atoms with Crippen LogP contribution in [0.5, 0.6) is 0 Å². The number of rotatable bonds is 2. The molecule has 0 unspecified atom stereocenters. The lowest BCUT2D eigenvalue weighted by molar-refractivity contribution is -0.133. The Morgan fingerprint density at radius 3 is 2.48 bits per heavy atom. The summed E-state index contributed by atoms with van der Waals surface area (Å²) in [6.07, 6.45) is 1.98. The van der Waals surface area contributed by atoms with Gasteiger partial charge in [-0.05, 0) is 31.4 Å². The number of hydrogen-bond acceptors (Lipinski definition) is 3. The predicted octanol–water partition coefficient (Wildman–Crippen LogP) is 1.87. The second-order valence-corrected chi connectivity index (χ2v) is 6.50. The van der Waals surface area contributed by atoms with E-state index in [4.69, 9.17) is 11.6 Å². The number of hydrogen-bond donors (Lipinski definition) is 0. The Morgan fingerprint density at radius 1 is 0.957 bits per heavy atom. The van der Waals surface area contributed by atoms with Gasteiger partial charge in [-0.15, -0.1) is 0 Å². The van der Waals surface area contributed by atoms with E-state index in [0.29, 0.717) is 36.6 Å². The van der Waals surface area contributed by atoms with E-state index < -0.39 is 6.04 Å². The van der Waals surface area contributed by atoms with Gasteiger partial charge in [-0.25, -0.2) is 9.69 Å². The van der Waals surface area contributed by atoms with E-state index in [2.05, 4.69) is 0 Å². The lowest BCUT2D eigenvalue weighted by atomic mass is 10.1. The monoisotopic (exact) mass is 333 g/mol. The van der Waals surface area contributed by atoms with Crippen LogP contribution in [0.25, 0.3) is 0 Å². The number of fused-ring (bicyclic) bond motifs is 1. The van der Waals surface area contributed by atoms with Gasteiger partial charge >= 0.3 is 6.03 Å². The molecule has 0 aliphatic carbocycles. The third kappa shape index (κ3) is 2.05. The molecule has 0 bridgehead atoms. The molecule has 6 nitrogen and oxygen atoms in total. The first-order valence-corrected chi connectivity index (χ1v) is 8.17. The smallest absolute Gasteiger partial charge is 0.312 e. The lowest BCUT2D eigenvalue weighted by Gasteiger charge is -2.22. The van der Waals surface area contributed by atoms with Gasteiger partial charge in [0.2, 0.25) is 5.91 Å². The van der Waals surface area contributed by atoms with Gasteiger partial charge in [0.05, 0.1) is 10.7 Å². The largest absolute Gasteiger partial charge is 0.328 e. The minimum atomic E-state index is -0.711. The number of anilines is 1. The number of para-hydroxylation sites is 1.